The molecular formula is C24H32N2O4. The Labute approximate surface area is 178 Å². The maximum atomic E-state index is 13.1. The highest BCUT2D eigenvalue weighted by Crippen LogP contribution is 2.34. The number of hydrogen-bond acceptors (Lipinski definition) is 4. The summed E-state index contributed by atoms with van der Waals surface area (Å²) >= 11 is 0. The van der Waals surface area contributed by atoms with E-state index in [-0.39, 0.29) is 11.9 Å². The number of rotatable bonds is 7. The van der Waals surface area contributed by atoms with E-state index in [0.29, 0.717) is 32.4 Å². The Morgan fingerprint density at radius 3 is 2.50 bits per heavy atom. The van der Waals surface area contributed by atoms with Crippen LogP contribution in [0.15, 0.2) is 30.3 Å². The average molecular weight is 413 g/mol. The number of piperidine rings is 1. The molecule has 2 unspecified atom stereocenters. The Bertz CT molecular complexity index is 788. The Balaban J connectivity index is 1.36. The van der Waals surface area contributed by atoms with Crippen LogP contribution in [-0.2, 0) is 20.8 Å². The molecule has 1 N–H and O–H groups in total. The second kappa shape index (κ2) is 8.88. The van der Waals surface area contributed by atoms with Gasteiger partial charge in [-0.15, -0.1) is 0 Å². The molecular weight excluding hydrogens is 380 g/mol. The molecule has 2 amide bonds. The summed E-state index contributed by atoms with van der Waals surface area (Å²) in [4.78, 5) is 42.3. The summed E-state index contributed by atoms with van der Waals surface area (Å²) in [5.41, 5.74) is -0.220. The minimum atomic E-state index is -1.52. The van der Waals surface area contributed by atoms with Crippen molar-refractivity contribution >= 4 is 17.6 Å². The standard InChI is InChI=1S/C24H32N2O4/c27-21(24(30)14-5-6-15-24)23(29)26-19-12-8-13-20(26)22(28)25(17-19)16-7-4-11-18-9-2-1-3-10-18/h1-3,9-10,19-20,30H,4-8,11-17H2. The summed E-state index contributed by atoms with van der Waals surface area (Å²) in [6.07, 6.45) is 7.46. The van der Waals surface area contributed by atoms with E-state index < -0.39 is 23.3 Å². The van der Waals surface area contributed by atoms with Crippen LogP contribution in [0.25, 0.3) is 0 Å². The number of hydrogen-bond donors (Lipinski definition) is 1. The van der Waals surface area contributed by atoms with Crippen molar-refractivity contribution in [1.82, 2.24) is 9.80 Å². The third kappa shape index (κ3) is 4.15. The van der Waals surface area contributed by atoms with Gasteiger partial charge in [-0.1, -0.05) is 30.3 Å². The van der Waals surface area contributed by atoms with Crippen molar-refractivity contribution in [2.75, 3.05) is 13.1 Å². The number of fused-ring (bicyclic) bond motifs is 2. The molecule has 2 bridgehead atoms. The molecule has 4 rings (SSSR count). The van der Waals surface area contributed by atoms with Gasteiger partial charge in [-0.2, -0.15) is 0 Å². The van der Waals surface area contributed by atoms with Gasteiger partial charge in [-0.3, -0.25) is 14.4 Å². The van der Waals surface area contributed by atoms with Crippen molar-refractivity contribution in [2.45, 2.75) is 81.9 Å². The van der Waals surface area contributed by atoms with Gasteiger partial charge in [0.05, 0.1) is 6.04 Å². The SMILES string of the molecule is O=C1C2CCCC(CN1CCCCc1ccccc1)N2C(=O)C(=O)C1(O)CCCC1. The summed E-state index contributed by atoms with van der Waals surface area (Å²) in [5.74, 6) is -1.39. The predicted octanol–water partition coefficient (Wildman–Crippen LogP) is 2.48. The van der Waals surface area contributed by atoms with Crippen molar-refractivity contribution in [3.63, 3.8) is 0 Å². The Kier molecular flexibility index (Phi) is 6.23. The van der Waals surface area contributed by atoms with Gasteiger partial charge in [-0.25, -0.2) is 0 Å². The molecule has 6 nitrogen and oxygen atoms in total. The first-order valence-corrected chi connectivity index (χ1v) is 11.4. The van der Waals surface area contributed by atoms with Gasteiger partial charge in [0.15, 0.2) is 0 Å². The van der Waals surface area contributed by atoms with Crippen LogP contribution >= 0.6 is 0 Å². The first kappa shape index (κ1) is 21.0. The number of carbonyl (C=O) groups excluding carboxylic acids is 3. The monoisotopic (exact) mass is 412 g/mol. The van der Waals surface area contributed by atoms with Crippen molar-refractivity contribution in [3.05, 3.63) is 35.9 Å². The van der Waals surface area contributed by atoms with Crippen molar-refractivity contribution in [2.24, 2.45) is 0 Å². The highest BCUT2D eigenvalue weighted by Gasteiger charge is 2.51. The number of Topliss-reactive ketones (excluding diaryl/α,β-unsaturated/α-hetero) is 1. The fraction of sp³-hybridized carbons (Fsp3) is 0.625. The summed E-state index contributed by atoms with van der Waals surface area (Å²) < 4.78 is 0. The molecule has 0 spiro atoms. The molecule has 1 aromatic rings. The second-order valence-electron chi connectivity index (χ2n) is 9.11. The second-order valence-corrected chi connectivity index (χ2v) is 9.11. The van der Waals surface area contributed by atoms with E-state index in [4.69, 9.17) is 0 Å². The molecule has 30 heavy (non-hydrogen) atoms. The van der Waals surface area contributed by atoms with Gasteiger partial charge >= 0.3 is 0 Å². The highest BCUT2D eigenvalue weighted by atomic mass is 16.3. The van der Waals surface area contributed by atoms with Gasteiger partial charge in [0, 0.05) is 13.1 Å². The van der Waals surface area contributed by atoms with Crippen molar-refractivity contribution in [3.8, 4) is 0 Å². The van der Waals surface area contributed by atoms with E-state index in [1.165, 1.54) is 10.5 Å². The molecule has 1 saturated carbocycles. The van der Waals surface area contributed by atoms with E-state index >= 15 is 0 Å². The number of amides is 2. The lowest BCUT2D eigenvalue weighted by Gasteiger charge is -2.49. The summed E-state index contributed by atoms with van der Waals surface area (Å²) in [6, 6.07) is 9.67. The summed E-state index contributed by atoms with van der Waals surface area (Å²) in [7, 11) is 0. The number of piperazine rings is 1. The normalized spacial score (nSPS) is 25.4. The number of aliphatic hydroxyl groups is 1. The van der Waals surface area contributed by atoms with Crippen LogP contribution < -0.4 is 0 Å². The van der Waals surface area contributed by atoms with E-state index in [9.17, 15) is 19.5 Å². The number of ketones is 1. The third-order valence-electron chi connectivity index (χ3n) is 7.04. The molecule has 2 heterocycles. The first-order chi connectivity index (χ1) is 14.5. The number of unbranched alkanes of at least 4 members (excludes halogenated alkanes) is 1. The lowest BCUT2D eigenvalue weighted by Crippen LogP contribution is -2.67. The first-order valence-electron chi connectivity index (χ1n) is 11.4. The fourth-order valence-corrected chi connectivity index (χ4v) is 5.34. The van der Waals surface area contributed by atoms with Crippen LogP contribution in [0.5, 0.6) is 0 Å². The van der Waals surface area contributed by atoms with Crippen LogP contribution in [0.2, 0.25) is 0 Å². The number of likely N-dealkylation sites (tertiary alicyclic amines) is 1. The van der Waals surface area contributed by atoms with Crippen LogP contribution in [0, 0.1) is 0 Å². The molecule has 0 radical (unpaired) electrons. The van der Waals surface area contributed by atoms with Crippen LogP contribution in [0.4, 0.5) is 0 Å². The van der Waals surface area contributed by atoms with E-state index in [2.05, 4.69) is 12.1 Å². The number of nitrogens with zero attached hydrogens (tertiary/aromatic N) is 2. The van der Waals surface area contributed by atoms with Gasteiger partial charge in [0.1, 0.15) is 11.6 Å². The maximum Gasteiger partial charge on any atom is 0.294 e. The lowest BCUT2D eigenvalue weighted by molar-refractivity contribution is -0.167. The zero-order chi connectivity index (χ0) is 21.1. The van der Waals surface area contributed by atoms with E-state index in [1.807, 2.05) is 23.1 Å². The van der Waals surface area contributed by atoms with Gasteiger partial charge in [0.2, 0.25) is 5.91 Å². The zero-order valence-corrected chi connectivity index (χ0v) is 17.6. The molecule has 2 aliphatic heterocycles. The number of benzene rings is 1. The molecule has 0 aromatic heterocycles. The average Bonchev–Trinajstić information content (AvgIpc) is 3.21. The zero-order valence-electron chi connectivity index (χ0n) is 17.6. The number of carbonyl (C=O) groups is 3. The van der Waals surface area contributed by atoms with Gasteiger partial charge < -0.3 is 14.9 Å². The molecule has 3 fully saturated rings. The summed E-state index contributed by atoms with van der Waals surface area (Å²) in [6.45, 7) is 1.19. The molecule has 1 aliphatic carbocycles. The fourth-order valence-electron chi connectivity index (χ4n) is 5.34. The Hall–Kier alpha value is -2.21. The Morgan fingerprint density at radius 1 is 1.03 bits per heavy atom. The smallest absolute Gasteiger partial charge is 0.294 e. The highest BCUT2D eigenvalue weighted by molar-refractivity contribution is 6.39. The summed E-state index contributed by atoms with van der Waals surface area (Å²) in [5, 5.41) is 10.6. The van der Waals surface area contributed by atoms with E-state index in [1.54, 1.807) is 0 Å². The largest absolute Gasteiger partial charge is 0.381 e. The predicted molar refractivity (Wildman–Crippen MR) is 113 cm³/mol. The van der Waals surface area contributed by atoms with Crippen molar-refractivity contribution < 1.29 is 19.5 Å². The maximum absolute atomic E-state index is 13.1. The minimum Gasteiger partial charge on any atom is -0.381 e. The third-order valence-corrected chi connectivity index (χ3v) is 7.04. The van der Waals surface area contributed by atoms with Gasteiger partial charge in [-0.05, 0) is 69.8 Å². The minimum absolute atomic E-state index is 0.0368. The molecule has 6 heteroatoms. The molecule has 2 atom stereocenters. The molecule has 3 aliphatic rings. The van der Waals surface area contributed by atoms with Gasteiger partial charge in [0.25, 0.3) is 11.7 Å². The molecule has 2 saturated heterocycles. The Morgan fingerprint density at radius 2 is 1.77 bits per heavy atom. The van der Waals surface area contributed by atoms with E-state index in [0.717, 1.165) is 44.9 Å². The van der Waals surface area contributed by atoms with Crippen LogP contribution in [0.3, 0.4) is 0 Å². The number of aryl methyl sites for hydroxylation is 1. The molecule has 1 aromatic carbocycles. The van der Waals surface area contributed by atoms with Crippen LogP contribution in [-0.4, -0.2) is 63.3 Å². The van der Waals surface area contributed by atoms with Crippen LogP contribution in [0.1, 0.15) is 63.4 Å². The molecule has 162 valence electrons. The quantitative estimate of drug-likeness (QED) is 0.551. The van der Waals surface area contributed by atoms with Crippen molar-refractivity contribution in [1.29, 1.82) is 0 Å². The lowest BCUT2D eigenvalue weighted by atomic mass is 9.87. The topological polar surface area (TPSA) is 77.9 Å².